The van der Waals surface area contributed by atoms with Crippen molar-refractivity contribution in [1.82, 2.24) is 4.98 Å². The molecule has 1 aromatic heterocycles. The van der Waals surface area contributed by atoms with Crippen molar-refractivity contribution in [2.24, 2.45) is 5.73 Å². The van der Waals surface area contributed by atoms with Gasteiger partial charge in [0.2, 0.25) is 0 Å². The van der Waals surface area contributed by atoms with Crippen LogP contribution >= 0.6 is 11.3 Å². The van der Waals surface area contributed by atoms with Gasteiger partial charge in [0.25, 0.3) is 6.43 Å². The SMILES string of the molecule is CCc1nc(C(N)c2cccc(C(F)F)c2)sc1C. The van der Waals surface area contributed by atoms with Crippen LogP contribution in [0.3, 0.4) is 0 Å². The standard InChI is InChI=1S/C14H16F2N2S/c1-3-11-8(2)19-14(18-11)12(17)9-5-4-6-10(7-9)13(15)16/h4-7,12-13H,3,17H2,1-2H3. The van der Waals surface area contributed by atoms with Crippen LogP contribution in [0.4, 0.5) is 8.78 Å². The van der Waals surface area contributed by atoms with E-state index in [0.717, 1.165) is 22.0 Å². The zero-order chi connectivity index (χ0) is 14.0. The fourth-order valence-corrected chi connectivity index (χ4v) is 2.98. The van der Waals surface area contributed by atoms with Crippen molar-refractivity contribution in [1.29, 1.82) is 0 Å². The summed E-state index contributed by atoms with van der Waals surface area (Å²) in [5.74, 6) is 0. The van der Waals surface area contributed by atoms with Crippen LogP contribution in [-0.4, -0.2) is 4.98 Å². The fraction of sp³-hybridized carbons (Fsp3) is 0.357. The molecular weight excluding hydrogens is 266 g/mol. The first-order valence-corrected chi connectivity index (χ1v) is 6.94. The first-order valence-electron chi connectivity index (χ1n) is 6.12. The second-order valence-corrected chi connectivity index (χ2v) is 5.59. The van der Waals surface area contributed by atoms with Crippen molar-refractivity contribution >= 4 is 11.3 Å². The van der Waals surface area contributed by atoms with Crippen LogP contribution in [0.15, 0.2) is 24.3 Å². The summed E-state index contributed by atoms with van der Waals surface area (Å²) >= 11 is 1.53. The minimum atomic E-state index is -2.48. The molecule has 2 N–H and O–H groups in total. The molecular formula is C14H16F2N2S. The summed E-state index contributed by atoms with van der Waals surface area (Å²) in [4.78, 5) is 5.62. The molecule has 0 aliphatic carbocycles. The monoisotopic (exact) mass is 282 g/mol. The number of thiazole rings is 1. The fourth-order valence-electron chi connectivity index (χ4n) is 1.94. The van der Waals surface area contributed by atoms with Crippen LogP contribution in [0.5, 0.6) is 0 Å². The lowest BCUT2D eigenvalue weighted by atomic mass is 10.1. The number of nitrogens with two attached hydrogens (primary N) is 1. The Labute approximate surface area is 115 Å². The van der Waals surface area contributed by atoms with Gasteiger partial charge in [0, 0.05) is 10.4 Å². The van der Waals surface area contributed by atoms with E-state index in [2.05, 4.69) is 4.98 Å². The van der Waals surface area contributed by atoms with E-state index in [1.165, 1.54) is 23.5 Å². The van der Waals surface area contributed by atoms with Crippen LogP contribution in [0.1, 0.15) is 46.1 Å². The highest BCUT2D eigenvalue weighted by molar-refractivity contribution is 7.11. The first kappa shape index (κ1) is 14.1. The van der Waals surface area contributed by atoms with Crippen LogP contribution in [0.2, 0.25) is 0 Å². The van der Waals surface area contributed by atoms with Crippen molar-refractivity contribution in [2.45, 2.75) is 32.7 Å². The third-order valence-corrected chi connectivity index (χ3v) is 4.13. The lowest BCUT2D eigenvalue weighted by molar-refractivity contribution is 0.151. The summed E-state index contributed by atoms with van der Waals surface area (Å²) in [7, 11) is 0. The smallest absolute Gasteiger partial charge is 0.263 e. The molecule has 1 heterocycles. The van der Waals surface area contributed by atoms with Crippen molar-refractivity contribution in [3.8, 4) is 0 Å². The van der Waals surface area contributed by atoms with Gasteiger partial charge in [0.15, 0.2) is 0 Å². The lowest BCUT2D eigenvalue weighted by Crippen LogP contribution is -2.12. The summed E-state index contributed by atoms with van der Waals surface area (Å²) in [6.07, 6.45) is -1.62. The molecule has 5 heteroatoms. The minimum Gasteiger partial charge on any atom is -0.318 e. The Morgan fingerprint density at radius 2 is 2.00 bits per heavy atom. The molecule has 19 heavy (non-hydrogen) atoms. The Balaban J connectivity index is 2.32. The van der Waals surface area contributed by atoms with E-state index in [-0.39, 0.29) is 5.56 Å². The van der Waals surface area contributed by atoms with Gasteiger partial charge in [-0.05, 0) is 25.0 Å². The third-order valence-electron chi connectivity index (χ3n) is 3.03. The van der Waals surface area contributed by atoms with Crippen molar-refractivity contribution < 1.29 is 8.78 Å². The molecule has 0 radical (unpaired) electrons. The number of nitrogens with zero attached hydrogens (tertiary/aromatic N) is 1. The maximum Gasteiger partial charge on any atom is 0.263 e. The Morgan fingerprint density at radius 3 is 2.58 bits per heavy atom. The molecule has 1 unspecified atom stereocenters. The van der Waals surface area contributed by atoms with Gasteiger partial charge in [-0.15, -0.1) is 11.3 Å². The molecule has 0 saturated carbocycles. The summed E-state index contributed by atoms with van der Waals surface area (Å²) in [6.45, 7) is 4.04. The number of halogens is 2. The zero-order valence-corrected chi connectivity index (χ0v) is 11.7. The Hall–Kier alpha value is -1.33. The predicted octanol–water partition coefficient (Wildman–Crippen LogP) is 4.00. The Morgan fingerprint density at radius 1 is 1.32 bits per heavy atom. The van der Waals surface area contributed by atoms with E-state index in [1.807, 2.05) is 13.8 Å². The number of rotatable bonds is 4. The van der Waals surface area contributed by atoms with Gasteiger partial charge in [-0.3, -0.25) is 0 Å². The van der Waals surface area contributed by atoms with E-state index in [9.17, 15) is 8.78 Å². The minimum absolute atomic E-state index is 0.00283. The van der Waals surface area contributed by atoms with Crippen molar-refractivity contribution in [3.63, 3.8) is 0 Å². The quantitative estimate of drug-likeness (QED) is 0.920. The molecule has 0 aliphatic rings. The lowest BCUT2D eigenvalue weighted by Gasteiger charge is -2.10. The molecule has 0 saturated heterocycles. The molecule has 2 nitrogen and oxygen atoms in total. The largest absolute Gasteiger partial charge is 0.318 e. The van der Waals surface area contributed by atoms with Crippen LogP contribution < -0.4 is 5.73 Å². The van der Waals surface area contributed by atoms with Crippen molar-refractivity contribution in [3.05, 3.63) is 51.0 Å². The van der Waals surface area contributed by atoms with Gasteiger partial charge >= 0.3 is 0 Å². The number of hydrogen-bond donors (Lipinski definition) is 1. The number of benzene rings is 1. The summed E-state index contributed by atoms with van der Waals surface area (Å²) < 4.78 is 25.4. The Kier molecular flexibility index (Phi) is 4.27. The molecule has 1 aromatic carbocycles. The molecule has 0 spiro atoms. The first-order chi connectivity index (χ1) is 9.02. The van der Waals surface area contributed by atoms with Gasteiger partial charge in [-0.25, -0.2) is 13.8 Å². The van der Waals surface area contributed by atoms with E-state index < -0.39 is 12.5 Å². The van der Waals surface area contributed by atoms with Crippen molar-refractivity contribution in [2.75, 3.05) is 0 Å². The van der Waals surface area contributed by atoms with Gasteiger partial charge in [-0.1, -0.05) is 25.1 Å². The molecule has 2 aromatic rings. The van der Waals surface area contributed by atoms with E-state index in [0.29, 0.717) is 5.56 Å². The summed E-state index contributed by atoms with van der Waals surface area (Å²) in [5.41, 5.74) is 7.83. The van der Waals surface area contributed by atoms with Crippen LogP contribution in [0, 0.1) is 6.92 Å². The van der Waals surface area contributed by atoms with Gasteiger partial charge < -0.3 is 5.73 Å². The zero-order valence-electron chi connectivity index (χ0n) is 10.9. The van der Waals surface area contributed by atoms with Gasteiger partial charge in [0.1, 0.15) is 5.01 Å². The molecule has 0 aliphatic heterocycles. The maximum absolute atomic E-state index is 12.7. The molecule has 0 amide bonds. The molecule has 0 bridgehead atoms. The Bertz CT molecular complexity index is 566. The maximum atomic E-state index is 12.7. The number of aryl methyl sites for hydroxylation is 2. The summed E-state index contributed by atoms with van der Waals surface area (Å²) in [6, 6.07) is 5.79. The highest BCUT2D eigenvalue weighted by Gasteiger charge is 2.17. The second kappa shape index (κ2) is 5.75. The van der Waals surface area contributed by atoms with Crippen LogP contribution in [0.25, 0.3) is 0 Å². The molecule has 102 valence electrons. The van der Waals surface area contributed by atoms with E-state index in [4.69, 9.17) is 5.73 Å². The second-order valence-electron chi connectivity index (χ2n) is 4.36. The molecule has 1 atom stereocenters. The molecule has 2 rings (SSSR count). The number of aromatic nitrogens is 1. The normalized spacial score (nSPS) is 12.9. The molecule has 0 fully saturated rings. The third kappa shape index (κ3) is 2.98. The number of alkyl halides is 2. The highest BCUT2D eigenvalue weighted by Crippen LogP contribution is 2.28. The average molecular weight is 282 g/mol. The van der Waals surface area contributed by atoms with E-state index in [1.54, 1.807) is 12.1 Å². The predicted molar refractivity (Wildman–Crippen MR) is 73.7 cm³/mol. The van der Waals surface area contributed by atoms with E-state index >= 15 is 0 Å². The average Bonchev–Trinajstić information content (AvgIpc) is 2.79. The van der Waals surface area contributed by atoms with Gasteiger partial charge in [0.05, 0.1) is 11.7 Å². The van der Waals surface area contributed by atoms with Crippen LogP contribution in [-0.2, 0) is 6.42 Å². The van der Waals surface area contributed by atoms with Gasteiger partial charge in [-0.2, -0.15) is 0 Å². The summed E-state index contributed by atoms with van der Waals surface area (Å²) in [5, 5.41) is 0.778. The highest BCUT2D eigenvalue weighted by atomic mass is 32.1. The topological polar surface area (TPSA) is 38.9 Å². The number of hydrogen-bond acceptors (Lipinski definition) is 3.